The first kappa shape index (κ1) is 26.0. The average Bonchev–Trinajstić information content (AvgIpc) is 3.54. The second-order valence-electron chi connectivity index (χ2n) is 9.78. The van der Waals surface area contributed by atoms with Crippen molar-refractivity contribution in [1.82, 2.24) is 4.57 Å². The number of esters is 1. The molecule has 0 radical (unpaired) electrons. The second kappa shape index (κ2) is 10.3. The topological polar surface area (TPSA) is 55.0 Å². The Morgan fingerprint density at radius 2 is 1.82 bits per heavy atom. The number of hydrogen-bond donors (Lipinski definition) is 0. The number of aryl methyl sites for hydroxylation is 1. The summed E-state index contributed by atoms with van der Waals surface area (Å²) in [5, 5.41) is 12.5. The minimum absolute atomic E-state index is 0.352. The SMILES string of the molecule is COC(=O)C(C)(C)C#Cc1cccc(-c2c(-c3ccsc3C#N)c3cc(F)ccc3n2-c2ccc(C)cc2)c1. The Bertz CT molecular complexity index is 1830. The van der Waals surface area contributed by atoms with Crippen LogP contribution in [0, 0.1) is 41.3 Å². The number of nitrogens with zero attached hydrogens (tertiary/aromatic N) is 2. The molecular weight excluding hydrogens is 507 g/mol. The summed E-state index contributed by atoms with van der Waals surface area (Å²) in [4.78, 5) is 12.7. The van der Waals surface area contributed by atoms with Crippen LogP contribution in [-0.2, 0) is 9.53 Å². The Kier molecular flexibility index (Phi) is 6.83. The molecule has 5 aromatic rings. The molecule has 39 heavy (non-hydrogen) atoms. The van der Waals surface area contributed by atoms with Crippen molar-refractivity contribution >= 4 is 28.2 Å². The van der Waals surface area contributed by atoms with Crippen molar-refractivity contribution in [1.29, 1.82) is 5.26 Å². The van der Waals surface area contributed by atoms with Crippen molar-refractivity contribution in [3.05, 3.63) is 100.0 Å². The molecule has 2 heterocycles. The van der Waals surface area contributed by atoms with Gasteiger partial charge in [0.25, 0.3) is 0 Å². The number of carbonyl (C=O) groups excluding carboxylic acids is 1. The third-order valence-electron chi connectivity index (χ3n) is 6.61. The summed E-state index contributed by atoms with van der Waals surface area (Å²) >= 11 is 1.36. The molecular formula is C33H25FN2O2S. The lowest BCUT2D eigenvalue weighted by atomic mass is 9.93. The summed E-state index contributed by atoms with van der Waals surface area (Å²) in [7, 11) is 1.35. The molecule has 0 unspecified atom stereocenters. The van der Waals surface area contributed by atoms with Gasteiger partial charge in [0.05, 0.1) is 18.3 Å². The lowest BCUT2D eigenvalue weighted by Gasteiger charge is -2.14. The van der Waals surface area contributed by atoms with E-state index in [9.17, 15) is 14.4 Å². The molecule has 0 atom stereocenters. The van der Waals surface area contributed by atoms with E-state index < -0.39 is 11.4 Å². The zero-order valence-electron chi connectivity index (χ0n) is 22.0. The van der Waals surface area contributed by atoms with Crippen molar-refractivity contribution in [3.63, 3.8) is 0 Å². The van der Waals surface area contributed by atoms with E-state index in [4.69, 9.17) is 4.74 Å². The van der Waals surface area contributed by atoms with Gasteiger partial charge in [-0.2, -0.15) is 5.26 Å². The van der Waals surface area contributed by atoms with E-state index in [2.05, 4.69) is 22.5 Å². The number of carbonyl (C=O) groups is 1. The van der Waals surface area contributed by atoms with Gasteiger partial charge in [0.15, 0.2) is 0 Å². The largest absolute Gasteiger partial charge is 0.468 e. The molecule has 0 aliphatic carbocycles. The molecule has 3 aromatic carbocycles. The number of rotatable bonds is 4. The molecule has 4 nitrogen and oxygen atoms in total. The van der Waals surface area contributed by atoms with Crippen molar-refractivity contribution in [3.8, 4) is 46.0 Å². The zero-order valence-corrected chi connectivity index (χ0v) is 22.8. The van der Waals surface area contributed by atoms with Gasteiger partial charge in [-0.25, -0.2) is 4.39 Å². The van der Waals surface area contributed by atoms with Crippen LogP contribution in [0.2, 0.25) is 0 Å². The van der Waals surface area contributed by atoms with Crippen LogP contribution in [0.5, 0.6) is 0 Å². The molecule has 0 fully saturated rings. The third kappa shape index (κ3) is 4.83. The number of aromatic nitrogens is 1. The lowest BCUT2D eigenvalue weighted by Crippen LogP contribution is -2.23. The maximum Gasteiger partial charge on any atom is 0.323 e. The molecule has 5 rings (SSSR count). The summed E-state index contributed by atoms with van der Waals surface area (Å²) in [5.41, 5.74) is 5.81. The van der Waals surface area contributed by atoms with Gasteiger partial charge in [-0.05, 0) is 74.7 Å². The van der Waals surface area contributed by atoms with E-state index >= 15 is 0 Å². The predicted molar refractivity (Wildman–Crippen MR) is 154 cm³/mol. The summed E-state index contributed by atoms with van der Waals surface area (Å²) in [6.07, 6.45) is 0. The number of fused-ring (bicyclic) bond motifs is 1. The number of hydrogen-bond acceptors (Lipinski definition) is 4. The first-order chi connectivity index (χ1) is 18.7. The fourth-order valence-corrected chi connectivity index (χ4v) is 5.33. The number of benzene rings is 3. The molecule has 0 amide bonds. The van der Waals surface area contributed by atoms with E-state index in [0.717, 1.165) is 39.2 Å². The molecule has 6 heteroatoms. The molecule has 0 aliphatic heterocycles. The van der Waals surface area contributed by atoms with Crippen molar-refractivity contribution in [2.24, 2.45) is 5.41 Å². The van der Waals surface area contributed by atoms with E-state index in [-0.39, 0.29) is 5.82 Å². The Morgan fingerprint density at radius 1 is 1.05 bits per heavy atom. The highest BCUT2D eigenvalue weighted by Gasteiger charge is 2.26. The smallest absolute Gasteiger partial charge is 0.323 e. The van der Waals surface area contributed by atoms with E-state index in [0.29, 0.717) is 15.8 Å². The molecule has 0 aliphatic rings. The quantitative estimate of drug-likeness (QED) is 0.175. The third-order valence-corrected chi connectivity index (χ3v) is 7.43. The summed E-state index contributed by atoms with van der Waals surface area (Å²) in [6.45, 7) is 5.47. The van der Waals surface area contributed by atoms with E-state index in [1.807, 2.05) is 66.9 Å². The molecule has 2 aromatic heterocycles. The lowest BCUT2D eigenvalue weighted by molar-refractivity contribution is -0.147. The maximum absolute atomic E-state index is 14.7. The van der Waals surface area contributed by atoms with Gasteiger partial charge in [-0.15, -0.1) is 11.3 Å². The van der Waals surface area contributed by atoms with Gasteiger partial charge in [0, 0.05) is 33.3 Å². The highest BCUT2D eigenvalue weighted by atomic mass is 32.1. The van der Waals surface area contributed by atoms with Crippen molar-refractivity contribution in [2.75, 3.05) is 7.11 Å². The molecule has 0 bridgehead atoms. The van der Waals surface area contributed by atoms with Crippen LogP contribution in [0.3, 0.4) is 0 Å². The van der Waals surface area contributed by atoms with Crippen LogP contribution in [0.1, 0.15) is 29.9 Å². The second-order valence-corrected chi connectivity index (χ2v) is 10.7. The number of thiophene rings is 1. The van der Waals surface area contributed by atoms with Crippen molar-refractivity contribution < 1.29 is 13.9 Å². The van der Waals surface area contributed by atoms with Gasteiger partial charge >= 0.3 is 5.97 Å². The normalized spacial score (nSPS) is 11.1. The van der Waals surface area contributed by atoms with Gasteiger partial charge < -0.3 is 9.30 Å². The van der Waals surface area contributed by atoms with Gasteiger partial charge in [0.2, 0.25) is 0 Å². The van der Waals surface area contributed by atoms with Crippen LogP contribution >= 0.6 is 11.3 Å². The molecule has 0 spiro atoms. The zero-order chi connectivity index (χ0) is 27.7. The van der Waals surface area contributed by atoms with Gasteiger partial charge in [-0.1, -0.05) is 41.7 Å². The van der Waals surface area contributed by atoms with Crippen molar-refractivity contribution in [2.45, 2.75) is 20.8 Å². The minimum Gasteiger partial charge on any atom is -0.468 e. The Morgan fingerprint density at radius 3 is 2.54 bits per heavy atom. The molecule has 0 N–H and O–H groups in total. The average molecular weight is 533 g/mol. The van der Waals surface area contributed by atoms with Crippen LogP contribution in [0.15, 0.2) is 78.2 Å². The predicted octanol–water partition coefficient (Wildman–Crippen LogP) is 7.90. The fraction of sp³-hybridized carbons (Fsp3) is 0.152. The Balaban J connectivity index is 1.84. The summed E-state index contributed by atoms with van der Waals surface area (Å²) < 4.78 is 21.7. The van der Waals surface area contributed by atoms with Gasteiger partial charge in [0.1, 0.15) is 22.2 Å². The number of ether oxygens (including phenoxy) is 1. The van der Waals surface area contributed by atoms with E-state index in [1.54, 1.807) is 19.9 Å². The first-order valence-corrected chi connectivity index (χ1v) is 13.2. The first-order valence-electron chi connectivity index (χ1n) is 12.3. The fourth-order valence-electron chi connectivity index (χ4n) is 4.64. The molecule has 192 valence electrons. The highest BCUT2D eigenvalue weighted by Crippen LogP contribution is 2.45. The number of methoxy groups -OCH3 is 1. The number of nitriles is 1. The van der Waals surface area contributed by atoms with Crippen LogP contribution < -0.4 is 0 Å². The monoisotopic (exact) mass is 532 g/mol. The van der Waals surface area contributed by atoms with Crippen LogP contribution in [0.25, 0.3) is 39.0 Å². The van der Waals surface area contributed by atoms with Crippen LogP contribution in [0.4, 0.5) is 4.39 Å². The Hall–Kier alpha value is -4.65. The van der Waals surface area contributed by atoms with E-state index in [1.165, 1.54) is 30.6 Å². The highest BCUT2D eigenvalue weighted by molar-refractivity contribution is 7.11. The molecule has 0 saturated carbocycles. The summed E-state index contributed by atoms with van der Waals surface area (Å²) in [6, 6.07) is 24.8. The Labute approximate surface area is 230 Å². The van der Waals surface area contributed by atoms with Crippen LogP contribution in [-0.4, -0.2) is 17.6 Å². The number of halogens is 1. The summed E-state index contributed by atoms with van der Waals surface area (Å²) in [5.74, 6) is 5.40. The maximum atomic E-state index is 14.7. The van der Waals surface area contributed by atoms with Gasteiger partial charge in [-0.3, -0.25) is 4.79 Å². The standard InChI is InChI=1S/C33H25FN2O2S/c1-21-8-11-25(12-9-21)36-28-13-10-24(34)19-27(28)30(26-15-17-39-29(26)20-35)31(36)23-7-5-6-22(18-23)14-16-33(2,3)32(37)38-4/h5-13,15,17-19H,1-4H3. The molecule has 0 saturated heterocycles. The minimum atomic E-state index is -0.970.